The standard InChI is InChI=1S/C19H23OSi.C2H4.2ClH.Zr/c1-21(2,3)20-13-12-16-14-19(15-8-4-5-9-15)18-11-7-6-10-17(16)18;1-2;;;/h4-11,14,19H,12-13H2,1-3H3;1H,2H3;2*1H;/q-1;;;;+2/p-2. The third-order valence-electron chi connectivity index (χ3n) is 3.96. The van der Waals surface area contributed by atoms with Crippen LogP contribution in [0.3, 0.4) is 0 Å². The van der Waals surface area contributed by atoms with Crippen LogP contribution in [0.2, 0.25) is 19.6 Å². The summed E-state index contributed by atoms with van der Waals surface area (Å²) < 4.78 is 8.12. The van der Waals surface area contributed by atoms with Gasteiger partial charge in [0.05, 0.1) is 0 Å². The molecule has 0 amide bonds. The zero-order valence-corrected chi connectivity index (χ0v) is 20.9. The molecule has 0 saturated heterocycles. The molecule has 2 aromatic rings. The molecule has 0 heterocycles. The van der Waals surface area contributed by atoms with Gasteiger partial charge in [-0.1, -0.05) is 30.3 Å². The summed E-state index contributed by atoms with van der Waals surface area (Å²) >= 11 is 1.51. The van der Waals surface area contributed by atoms with E-state index in [9.17, 15) is 0 Å². The van der Waals surface area contributed by atoms with Crippen molar-refractivity contribution in [1.82, 2.24) is 0 Å². The second kappa shape index (κ2) is 12.3. The Morgan fingerprint density at radius 3 is 2.23 bits per heavy atom. The molecular weight excluding hydrogens is 458 g/mol. The Balaban J connectivity index is 0.00000117. The van der Waals surface area contributed by atoms with Crippen molar-refractivity contribution in [2.45, 2.75) is 38.9 Å². The summed E-state index contributed by atoms with van der Waals surface area (Å²) in [5, 5.41) is 0. The van der Waals surface area contributed by atoms with Gasteiger partial charge in [-0.05, 0) is 48.7 Å². The molecule has 0 saturated carbocycles. The summed E-state index contributed by atoms with van der Waals surface area (Å²) in [4.78, 5) is 0. The van der Waals surface area contributed by atoms with Crippen LogP contribution in [0.15, 0.2) is 54.6 Å². The Labute approximate surface area is 186 Å². The number of hydrogen-bond acceptors (Lipinski definition) is 1. The Hall–Kier alpha value is -0.180. The van der Waals surface area contributed by atoms with Crippen LogP contribution in [0, 0.1) is 0 Å². The number of rotatable bonds is 5. The molecule has 0 N–H and O–H groups in total. The number of benzene rings is 1. The van der Waals surface area contributed by atoms with Crippen molar-refractivity contribution in [2.75, 3.05) is 6.61 Å². The van der Waals surface area contributed by atoms with E-state index in [0.29, 0.717) is 5.92 Å². The summed E-state index contributed by atoms with van der Waals surface area (Å²) in [6, 6.07) is 17.5. The van der Waals surface area contributed by atoms with Crippen LogP contribution in [-0.4, -0.2) is 18.6 Å². The van der Waals surface area contributed by atoms with Crippen LogP contribution in [0.5, 0.6) is 0 Å². The molecule has 5 heteroatoms. The van der Waals surface area contributed by atoms with Gasteiger partial charge in [-0.2, -0.15) is 12.1 Å². The molecule has 0 aliphatic heterocycles. The van der Waals surface area contributed by atoms with E-state index < -0.39 is 8.32 Å². The fraction of sp³-hybridized carbons (Fsp3) is 0.333. The van der Waals surface area contributed by atoms with Gasteiger partial charge in [0.2, 0.25) is 0 Å². The van der Waals surface area contributed by atoms with Crippen LogP contribution in [0.25, 0.3) is 5.57 Å². The second-order valence-corrected chi connectivity index (χ2v) is 12.9. The van der Waals surface area contributed by atoms with Crippen LogP contribution in [0.1, 0.15) is 36.0 Å². The van der Waals surface area contributed by atoms with E-state index in [0.717, 1.165) is 13.0 Å². The summed E-state index contributed by atoms with van der Waals surface area (Å²) in [5.41, 5.74) is 5.67. The van der Waals surface area contributed by atoms with Crippen LogP contribution in [-0.2, 0) is 28.7 Å². The van der Waals surface area contributed by atoms with Crippen molar-refractivity contribution < 1.29 is 53.5 Å². The van der Waals surface area contributed by atoms with Gasteiger partial charge in [-0.3, -0.25) is 0 Å². The maximum atomic E-state index is 6.03. The molecule has 2 aromatic carbocycles. The van der Waals surface area contributed by atoms with Gasteiger partial charge in [0.15, 0.2) is 8.32 Å². The first-order valence-corrected chi connectivity index (χ1v) is 13.4. The quantitative estimate of drug-likeness (QED) is 0.412. The topological polar surface area (TPSA) is 9.23 Å². The van der Waals surface area contributed by atoms with Gasteiger partial charge in [-0.15, -0.1) is 5.56 Å². The minimum atomic E-state index is -1.42. The Kier molecular flexibility index (Phi) is 12.2. The Morgan fingerprint density at radius 1 is 1.08 bits per heavy atom. The molecule has 26 heavy (non-hydrogen) atoms. The van der Waals surface area contributed by atoms with Gasteiger partial charge >= 0.3 is 34.9 Å². The normalized spacial score (nSPS) is 14.8. The molecule has 1 aliphatic carbocycles. The molecule has 0 aromatic heterocycles. The molecule has 1 nitrogen and oxygen atoms in total. The number of fused-ring (bicyclic) bond motifs is 1. The molecule has 0 radical (unpaired) electrons. The third-order valence-corrected chi connectivity index (χ3v) is 5.03. The van der Waals surface area contributed by atoms with Crippen molar-refractivity contribution in [2.24, 2.45) is 0 Å². The minimum Gasteiger partial charge on any atom is -1.00 e. The van der Waals surface area contributed by atoms with E-state index in [-0.39, 0.29) is 24.8 Å². The second-order valence-electron chi connectivity index (χ2n) is 6.97. The molecule has 140 valence electrons. The molecule has 0 fully saturated rings. The average Bonchev–Trinajstić information content (AvgIpc) is 3.15. The molecule has 1 unspecified atom stereocenters. The van der Waals surface area contributed by atoms with Crippen molar-refractivity contribution in [3.63, 3.8) is 0 Å². The van der Waals surface area contributed by atoms with Gasteiger partial charge in [-0.25, -0.2) is 12.1 Å². The van der Waals surface area contributed by atoms with Crippen LogP contribution < -0.4 is 24.8 Å². The van der Waals surface area contributed by atoms with Gasteiger partial charge in [0.1, 0.15) is 0 Å². The van der Waals surface area contributed by atoms with E-state index in [1.165, 1.54) is 46.5 Å². The van der Waals surface area contributed by atoms with Crippen LogP contribution >= 0.6 is 0 Å². The minimum absolute atomic E-state index is 0. The fourth-order valence-corrected chi connectivity index (χ4v) is 3.71. The van der Waals surface area contributed by atoms with Crippen molar-refractivity contribution in [3.8, 4) is 0 Å². The summed E-state index contributed by atoms with van der Waals surface area (Å²) in [6.07, 6.45) is 3.44. The first-order chi connectivity index (χ1) is 11.5. The molecule has 0 spiro atoms. The summed E-state index contributed by atoms with van der Waals surface area (Å²) in [7, 11) is -1.42. The maximum Gasteiger partial charge on any atom is 0.183 e. The third kappa shape index (κ3) is 7.44. The van der Waals surface area contributed by atoms with E-state index in [1.54, 1.807) is 0 Å². The monoisotopic (exact) mass is 483 g/mol. The molecule has 1 aliphatic rings. The fourth-order valence-electron chi connectivity index (χ4n) is 3.00. The number of hydrogen-bond donors (Lipinski definition) is 0. The van der Waals surface area contributed by atoms with E-state index >= 15 is 0 Å². The molecule has 3 rings (SSSR count). The molecule has 0 bridgehead atoms. The van der Waals surface area contributed by atoms with Crippen molar-refractivity contribution in [3.05, 3.63) is 71.3 Å². The number of allylic oxidation sites excluding steroid dienone is 1. The van der Waals surface area contributed by atoms with Crippen LogP contribution in [0.4, 0.5) is 0 Å². The zero-order chi connectivity index (χ0) is 17.6. The van der Waals surface area contributed by atoms with Crippen molar-refractivity contribution >= 4 is 17.6 Å². The van der Waals surface area contributed by atoms with E-state index in [2.05, 4.69) is 78.0 Å². The Bertz CT molecular complexity index is 690. The van der Waals surface area contributed by atoms with E-state index in [4.69, 9.17) is 4.43 Å². The molecular formula is C21H27Cl2OSiZr-. The average molecular weight is 486 g/mol. The summed E-state index contributed by atoms with van der Waals surface area (Å²) in [6.45, 7) is 9.62. The summed E-state index contributed by atoms with van der Waals surface area (Å²) in [5.74, 6) is 0.415. The first kappa shape index (κ1) is 25.8. The number of halogens is 2. The maximum absolute atomic E-state index is 6.03. The SMILES string of the molecule is C[CH]=[Zr+2].C[Si](C)(C)OCCC1=CC([c-]2cccc2)c2ccccc21.[Cl-].[Cl-]. The first-order valence-electron chi connectivity index (χ1n) is 8.57. The largest absolute Gasteiger partial charge is 1.00 e. The predicted octanol–water partition coefficient (Wildman–Crippen LogP) is -0.461. The van der Waals surface area contributed by atoms with Crippen molar-refractivity contribution in [1.29, 1.82) is 0 Å². The zero-order valence-electron chi connectivity index (χ0n) is 15.9. The molecule has 1 atom stereocenters. The van der Waals surface area contributed by atoms with Gasteiger partial charge in [0.25, 0.3) is 0 Å². The Morgan fingerprint density at radius 2 is 1.65 bits per heavy atom. The smallest absolute Gasteiger partial charge is 0.183 e. The van der Waals surface area contributed by atoms with Gasteiger partial charge in [0, 0.05) is 6.61 Å². The van der Waals surface area contributed by atoms with E-state index in [1.807, 2.05) is 6.92 Å². The predicted molar refractivity (Wildman–Crippen MR) is 104 cm³/mol. The van der Waals surface area contributed by atoms with Gasteiger partial charge < -0.3 is 29.2 Å².